The molecule has 2 fully saturated rings. The van der Waals surface area contributed by atoms with Gasteiger partial charge in [-0.15, -0.1) is 0 Å². The second-order valence-electron chi connectivity index (χ2n) is 10.8. The fourth-order valence-corrected chi connectivity index (χ4v) is 6.62. The van der Waals surface area contributed by atoms with Gasteiger partial charge in [-0.1, -0.05) is 0 Å². The minimum absolute atomic E-state index is 0.150. The van der Waals surface area contributed by atoms with Crippen molar-refractivity contribution in [1.82, 2.24) is 10.2 Å². The van der Waals surface area contributed by atoms with Crippen LogP contribution < -0.4 is 33.7 Å². The van der Waals surface area contributed by atoms with Gasteiger partial charge in [0.05, 0.1) is 53.8 Å². The maximum atomic E-state index is 14.5. The summed E-state index contributed by atoms with van der Waals surface area (Å²) in [6, 6.07) is 7.06. The number of nitrogens with zero attached hydrogens (tertiary/aromatic N) is 1. The van der Waals surface area contributed by atoms with Gasteiger partial charge in [-0.05, 0) is 56.4 Å². The van der Waals surface area contributed by atoms with E-state index in [0.29, 0.717) is 58.5 Å². The van der Waals surface area contributed by atoms with E-state index >= 15 is 0 Å². The first-order chi connectivity index (χ1) is 20.3. The second-order valence-corrected chi connectivity index (χ2v) is 10.8. The van der Waals surface area contributed by atoms with E-state index in [1.807, 2.05) is 0 Å². The van der Waals surface area contributed by atoms with Gasteiger partial charge in [0.25, 0.3) is 0 Å². The highest BCUT2D eigenvalue weighted by Gasteiger charge is 2.44. The average Bonchev–Trinajstić information content (AvgIpc) is 3.05. The third-order valence-corrected chi connectivity index (χ3v) is 8.91. The lowest BCUT2D eigenvalue weighted by Gasteiger charge is -2.42. The Balaban J connectivity index is 1.76. The maximum absolute atomic E-state index is 14.5. The number of piperazine rings is 1. The van der Waals surface area contributed by atoms with Crippen LogP contribution in [0.2, 0.25) is 0 Å². The van der Waals surface area contributed by atoms with Crippen molar-refractivity contribution in [2.75, 3.05) is 68.8 Å². The van der Waals surface area contributed by atoms with E-state index in [2.05, 4.69) is 17.1 Å². The van der Waals surface area contributed by atoms with Crippen LogP contribution in [0.4, 0.5) is 0 Å². The van der Waals surface area contributed by atoms with Crippen molar-refractivity contribution < 1.29 is 38.0 Å². The largest absolute Gasteiger partial charge is 0.493 e. The summed E-state index contributed by atoms with van der Waals surface area (Å²) in [4.78, 5) is 31.3. The van der Waals surface area contributed by atoms with E-state index in [1.165, 1.54) is 42.7 Å². The molecule has 0 aromatic heterocycles. The van der Waals surface area contributed by atoms with Gasteiger partial charge in [0.15, 0.2) is 34.6 Å². The van der Waals surface area contributed by atoms with Crippen molar-refractivity contribution in [3.8, 4) is 34.5 Å². The summed E-state index contributed by atoms with van der Waals surface area (Å²) < 4.78 is 33.3. The Hall–Kier alpha value is -3.50. The number of ether oxygens (including phenoxy) is 6. The zero-order valence-electron chi connectivity index (χ0n) is 25.8. The van der Waals surface area contributed by atoms with Crippen molar-refractivity contribution in [3.05, 3.63) is 35.4 Å². The normalized spacial score (nSPS) is 21.6. The Kier molecular flexibility index (Phi) is 10.6. The van der Waals surface area contributed by atoms with Crippen LogP contribution in [0, 0.1) is 17.8 Å². The molecule has 1 aliphatic heterocycles. The molecule has 230 valence electrons. The summed E-state index contributed by atoms with van der Waals surface area (Å²) in [5.74, 6) is 1.02. The summed E-state index contributed by atoms with van der Waals surface area (Å²) in [6.45, 7) is 6.06. The smallest absolute Gasteiger partial charge is 0.204 e. The summed E-state index contributed by atoms with van der Waals surface area (Å²) in [7, 11) is 9.08. The molecule has 1 N–H and O–H groups in total. The van der Waals surface area contributed by atoms with E-state index in [4.69, 9.17) is 28.4 Å². The minimum Gasteiger partial charge on any atom is -0.493 e. The number of rotatable bonds is 12. The monoisotopic (exact) mass is 584 g/mol. The molecule has 4 atom stereocenters. The lowest BCUT2D eigenvalue weighted by Crippen LogP contribution is -2.51. The van der Waals surface area contributed by atoms with Gasteiger partial charge < -0.3 is 33.7 Å². The summed E-state index contributed by atoms with van der Waals surface area (Å²) in [5, 5.41) is 3.41. The minimum atomic E-state index is -0.577. The summed E-state index contributed by atoms with van der Waals surface area (Å²) in [6.07, 6.45) is 1.99. The standard InChI is InChI=1S/C32H44N2O8/c1-19(34-16-14-33-15-17-34)20-8-9-21(27(35)22-10-12-25(37-2)31(41-6)29(22)39-4)24(18-20)28(36)23-11-13-26(38-3)32(42-7)30(23)40-5/h10-13,19-21,24,33H,8-9,14-18H2,1-7H3. The summed E-state index contributed by atoms with van der Waals surface area (Å²) >= 11 is 0. The average molecular weight is 585 g/mol. The van der Waals surface area contributed by atoms with E-state index in [0.717, 1.165) is 32.6 Å². The van der Waals surface area contributed by atoms with Crippen LogP contribution in [-0.2, 0) is 0 Å². The number of benzene rings is 2. The van der Waals surface area contributed by atoms with Crippen LogP contribution in [0.25, 0.3) is 0 Å². The Labute approximate surface area is 248 Å². The Morgan fingerprint density at radius 3 is 1.62 bits per heavy atom. The van der Waals surface area contributed by atoms with Crippen LogP contribution in [-0.4, -0.2) is 91.3 Å². The molecule has 2 aliphatic rings. The van der Waals surface area contributed by atoms with E-state index in [1.54, 1.807) is 24.3 Å². The molecule has 0 spiro atoms. The Morgan fingerprint density at radius 2 is 1.17 bits per heavy atom. The number of methoxy groups -OCH3 is 6. The topological polar surface area (TPSA) is 105 Å². The van der Waals surface area contributed by atoms with Gasteiger partial charge in [-0.3, -0.25) is 14.5 Å². The molecule has 2 aromatic carbocycles. The molecule has 10 heteroatoms. The van der Waals surface area contributed by atoms with E-state index in [-0.39, 0.29) is 23.5 Å². The molecule has 42 heavy (non-hydrogen) atoms. The summed E-state index contributed by atoms with van der Waals surface area (Å²) in [5.41, 5.74) is 0.735. The molecule has 1 heterocycles. The van der Waals surface area contributed by atoms with Gasteiger partial charge in [-0.2, -0.15) is 0 Å². The van der Waals surface area contributed by atoms with Crippen molar-refractivity contribution in [2.24, 2.45) is 17.8 Å². The van der Waals surface area contributed by atoms with Crippen LogP contribution in [0.5, 0.6) is 34.5 Å². The molecule has 10 nitrogen and oxygen atoms in total. The fraction of sp³-hybridized carbons (Fsp3) is 0.562. The number of hydrogen-bond donors (Lipinski definition) is 1. The Morgan fingerprint density at radius 1 is 0.690 bits per heavy atom. The van der Waals surface area contributed by atoms with Crippen LogP contribution >= 0.6 is 0 Å². The lowest BCUT2D eigenvalue weighted by atomic mass is 9.67. The Bertz CT molecular complexity index is 1260. The molecular formula is C32H44N2O8. The SMILES string of the molecule is COc1ccc(C(=O)C2CCC(C(C)N3CCNCC3)CC2C(=O)c2ccc(OC)c(OC)c2OC)c(OC)c1OC. The van der Waals surface area contributed by atoms with Crippen LogP contribution in [0.1, 0.15) is 46.9 Å². The molecular weight excluding hydrogens is 540 g/mol. The van der Waals surface area contributed by atoms with Crippen molar-refractivity contribution in [1.29, 1.82) is 0 Å². The number of Topliss-reactive ketones (excluding diaryl/α,β-unsaturated/α-hetero) is 2. The highest BCUT2D eigenvalue weighted by Crippen LogP contribution is 2.47. The van der Waals surface area contributed by atoms with Gasteiger partial charge in [-0.25, -0.2) is 0 Å². The number of ketones is 2. The number of carbonyl (C=O) groups excluding carboxylic acids is 2. The molecule has 4 unspecified atom stereocenters. The van der Waals surface area contributed by atoms with Gasteiger partial charge >= 0.3 is 0 Å². The number of hydrogen-bond acceptors (Lipinski definition) is 10. The third-order valence-electron chi connectivity index (χ3n) is 8.91. The molecule has 4 rings (SSSR count). The molecule has 0 bridgehead atoms. The van der Waals surface area contributed by atoms with Gasteiger partial charge in [0.1, 0.15) is 0 Å². The molecule has 1 aliphatic carbocycles. The zero-order valence-corrected chi connectivity index (χ0v) is 25.8. The van der Waals surface area contributed by atoms with Crippen LogP contribution in [0.3, 0.4) is 0 Å². The first-order valence-corrected chi connectivity index (χ1v) is 14.5. The molecule has 0 amide bonds. The highest BCUT2D eigenvalue weighted by atomic mass is 16.5. The second kappa shape index (κ2) is 14.1. The fourth-order valence-electron chi connectivity index (χ4n) is 6.62. The first kappa shape index (κ1) is 31.4. The molecule has 0 radical (unpaired) electrons. The zero-order chi connectivity index (χ0) is 30.4. The third kappa shape index (κ3) is 6.01. The number of nitrogens with one attached hydrogen (secondary N) is 1. The maximum Gasteiger partial charge on any atom is 0.204 e. The van der Waals surface area contributed by atoms with Crippen LogP contribution in [0.15, 0.2) is 24.3 Å². The first-order valence-electron chi connectivity index (χ1n) is 14.5. The molecule has 1 saturated carbocycles. The van der Waals surface area contributed by atoms with Gasteiger partial charge in [0, 0.05) is 44.1 Å². The molecule has 2 aromatic rings. The van der Waals surface area contributed by atoms with E-state index < -0.39 is 11.8 Å². The predicted octanol–water partition coefficient (Wildman–Crippen LogP) is 4.13. The van der Waals surface area contributed by atoms with E-state index in [9.17, 15) is 9.59 Å². The lowest BCUT2D eigenvalue weighted by molar-refractivity contribution is 0.0527. The van der Waals surface area contributed by atoms with Crippen molar-refractivity contribution in [2.45, 2.75) is 32.2 Å². The predicted molar refractivity (Wildman–Crippen MR) is 159 cm³/mol. The van der Waals surface area contributed by atoms with Gasteiger partial charge in [0.2, 0.25) is 11.5 Å². The quantitative estimate of drug-likeness (QED) is 0.366. The number of carbonyl (C=O) groups is 2. The van der Waals surface area contributed by atoms with Crippen molar-refractivity contribution in [3.63, 3.8) is 0 Å². The molecule has 1 saturated heterocycles. The highest BCUT2D eigenvalue weighted by molar-refractivity contribution is 6.08. The van der Waals surface area contributed by atoms with Crippen molar-refractivity contribution >= 4 is 11.6 Å².